The fourth-order valence-corrected chi connectivity index (χ4v) is 3.18. The van der Waals surface area contributed by atoms with Gasteiger partial charge in [-0.25, -0.2) is 0 Å². The highest BCUT2D eigenvalue weighted by Crippen LogP contribution is 2.46. The highest BCUT2D eigenvalue weighted by molar-refractivity contribution is 9.11. The molecule has 0 aromatic heterocycles. The molecule has 15 heavy (non-hydrogen) atoms. The van der Waals surface area contributed by atoms with E-state index in [1.807, 2.05) is 0 Å². The molecule has 0 saturated carbocycles. The van der Waals surface area contributed by atoms with Crippen molar-refractivity contribution >= 4 is 43.5 Å². The maximum Gasteiger partial charge on any atom is 0.419 e. The summed E-state index contributed by atoms with van der Waals surface area (Å²) < 4.78 is 42.7. The number of hydrogen-bond acceptors (Lipinski definition) is 1. The number of methoxy groups -OCH3 is 1. The van der Waals surface area contributed by atoms with E-state index in [-0.39, 0.29) is 10.2 Å². The number of rotatable bonds is 1. The van der Waals surface area contributed by atoms with Crippen LogP contribution in [0.3, 0.4) is 0 Å². The molecule has 7 heteroatoms. The van der Waals surface area contributed by atoms with Gasteiger partial charge in [0.1, 0.15) is 0 Å². The van der Waals surface area contributed by atoms with Gasteiger partial charge in [0.25, 0.3) is 0 Å². The Labute approximate surface area is 106 Å². The lowest BCUT2D eigenvalue weighted by molar-refractivity contribution is -0.138. The van der Waals surface area contributed by atoms with Crippen LogP contribution in [0.25, 0.3) is 0 Å². The van der Waals surface area contributed by atoms with Gasteiger partial charge in [-0.1, -0.05) is 27.5 Å². The van der Waals surface area contributed by atoms with Crippen LogP contribution in [0.4, 0.5) is 13.2 Å². The van der Waals surface area contributed by atoms with Gasteiger partial charge in [0, 0.05) is 4.47 Å². The minimum absolute atomic E-state index is 0.0350. The summed E-state index contributed by atoms with van der Waals surface area (Å²) in [7, 11) is 1.25. The number of benzene rings is 1. The molecule has 1 nitrogen and oxygen atoms in total. The third-order valence-corrected chi connectivity index (χ3v) is 3.19. The molecule has 1 rings (SSSR count). The van der Waals surface area contributed by atoms with Crippen LogP contribution in [0.1, 0.15) is 5.56 Å². The SMILES string of the molecule is COc1c(Br)cc(Br)c(C(F)(F)F)c1Cl. The van der Waals surface area contributed by atoms with E-state index in [4.69, 9.17) is 16.3 Å². The standard InChI is InChI=1S/C8H4Br2ClF3O/c1-15-7-4(10)2-3(9)5(6(7)11)8(12,13)14/h2H,1H3. The monoisotopic (exact) mass is 366 g/mol. The molecule has 0 unspecified atom stereocenters. The molecule has 0 spiro atoms. The Balaban J connectivity index is 3.53. The minimum Gasteiger partial charge on any atom is -0.494 e. The molecule has 0 N–H and O–H groups in total. The molecule has 0 bridgehead atoms. The molecule has 0 radical (unpaired) electrons. The first kappa shape index (κ1) is 13.1. The smallest absolute Gasteiger partial charge is 0.419 e. The van der Waals surface area contributed by atoms with Crippen molar-refractivity contribution in [2.45, 2.75) is 6.18 Å². The van der Waals surface area contributed by atoms with Crippen LogP contribution in [0.5, 0.6) is 5.75 Å². The number of ether oxygens (including phenoxy) is 1. The zero-order valence-electron chi connectivity index (χ0n) is 7.25. The highest BCUT2D eigenvalue weighted by Gasteiger charge is 2.37. The molecule has 0 fully saturated rings. The highest BCUT2D eigenvalue weighted by atomic mass is 79.9. The fourth-order valence-electron chi connectivity index (χ4n) is 1.02. The average molecular weight is 368 g/mol. The number of hydrogen-bond donors (Lipinski definition) is 0. The zero-order chi connectivity index (χ0) is 11.8. The summed E-state index contributed by atoms with van der Waals surface area (Å²) in [5.74, 6) is -0.0350. The summed E-state index contributed by atoms with van der Waals surface area (Å²) in [6, 6.07) is 1.24. The normalized spacial score (nSPS) is 11.7. The maximum atomic E-state index is 12.6. The molecular formula is C8H4Br2ClF3O. The van der Waals surface area contributed by atoms with Crippen LogP contribution >= 0.6 is 43.5 Å². The molecule has 0 aliphatic rings. The summed E-state index contributed by atoms with van der Waals surface area (Å²) in [6.45, 7) is 0. The van der Waals surface area contributed by atoms with E-state index in [1.54, 1.807) is 0 Å². The largest absolute Gasteiger partial charge is 0.494 e. The molecule has 0 aliphatic heterocycles. The molecule has 0 aliphatic carbocycles. The second kappa shape index (κ2) is 4.51. The van der Waals surface area contributed by atoms with E-state index < -0.39 is 16.8 Å². The Bertz CT molecular complexity index is 392. The Morgan fingerprint density at radius 1 is 1.27 bits per heavy atom. The summed E-state index contributed by atoms with van der Waals surface area (Å²) in [6.07, 6.45) is -4.52. The fraction of sp³-hybridized carbons (Fsp3) is 0.250. The van der Waals surface area contributed by atoms with Crippen molar-refractivity contribution in [1.82, 2.24) is 0 Å². The van der Waals surface area contributed by atoms with Gasteiger partial charge in [0.15, 0.2) is 5.75 Å². The van der Waals surface area contributed by atoms with Crippen LogP contribution < -0.4 is 4.74 Å². The van der Waals surface area contributed by atoms with Crippen molar-refractivity contribution in [3.05, 3.63) is 25.6 Å². The van der Waals surface area contributed by atoms with Gasteiger partial charge >= 0.3 is 6.18 Å². The third kappa shape index (κ3) is 2.60. The second-order valence-electron chi connectivity index (χ2n) is 2.56. The van der Waals surface area contributed by atoms with E-state index in [2.05, 4.69) is 31.9 Å². The van der Waals surface area contributed by atoms with Crippen LogP contribution in [-0.4, -0.2) is 7.11 Å². The summed E-state index contributed by atoms with van der Waals surface area (Å²) in [4.78, 5) is 0. The lowest BCUT2D eigenvalue weighted by atomic mass is 10.2. The third-order valence-electron chi connectivity index (χ3n) is 1.62. The van der Waals surface area contributed by atoms with Gasteiger partial charge in [-0.05, 0) is 22.0 Å². The van der Waals surface area contributed by atoms with Crippen LogP contribution in [0.15, 0.2) is 15.0 Å². The van der Waals surface area contributed by atoms with Gasteiger partial charge in [0.2, 0.25) is 0 Å². The summed E-state index contributed by atoms with van der Waals surface area (Å²) >= 11 is 11.5. The Hall–Kier alpha value is 0.0600. The van der Waals surface area contributed by atoms with E-state index in [1.165, 1.54) is 13.2 Å². The Morgan fingerprint density at radius 3 is 2.20 bits per heavy atom. The first-order valence-corrected chi connectivity index (χ1v) is 5.54. The van der Waals surface area contributed by atoms with Gasteiger partial charge < -0.3 is 4.74 Å². The lowest BCUT2D eigenvalue weighted by Gasteiger charge is -2.15. The van der Waals surface area contributed by atoms with E-state index in [0.29, 0.717) is 4.47 Å². The van der Waals surface area contributed by atoms with Crippen LogP contribution in [0.2, 0.25) is 5.02 Å². The number of halogens is 6. The van der Waals surface area contributed by atoms with Crippen molar-refractivity contribution in [3.63, 3.8) is 0 Å². The maximum absolute atomic E-state index is 12.6. The molecule has 0 atom stereocenters. The summed E-state index contributed by atoms with van der Waals surface area (Å²) in [5.41, 5.74) is -0.941. The molecule has 84 valence electrons. The number of alkyl halides is 3. The van der Waals surface area contributed by atoms with Gasteiger partial charge in [-0.15, -0.1) is 0 Å². The zero-order valence-corrected chi connectivity index (χ0v) is 11.2. The van der Waals surface area contributed by atoms with Gasteiger partial charge in [0.05, 0.1) is 22.2 Å². The van der Waals surface area contributed by atoms with E-state index in [9.17, 15) is 13.2 Å². The first-order chi connectivity index (χ1) is 6.79. The van der Waals surface area contributed by atoms with Crippen molar-refractivity contribution in [2.24, 2.45) is 0 Å². The van der Waals surface area contributed by atoms with Crippen LogP contribution in [0, 0.1) is 0 Å². The average Bonchev–Trinajstić information content (AvgIpc) is 2.00. The molecule has 0 saturated heterocycles. The van der Waals surface area contributed by atoms with E-state index >= 15 is 0 Å². The Morgan fingerprint density at radius 2 is 1.80 bits per heavy atom. The molecule has 1 aromatic carbocycles. The molecule has 0 amide bonds. The quantitative estimate of drug-likeness (QED) is 0.686. The molecule has 1 aromatic rings. The topological polar surface area (TPSA) is 9.23 Å². The predicted molar refractivity (Wildman–Crippen MR) is 58.4 cm³/mol. The first-order valence-electron chi connectivity index (χ1n) is 3.57. The van der Waals surface area contributed by atoms with Crippen LogP contribution in [-0.2, 0) is 6.18 Å². The van der Waals surface area contributed by atoms with E-state index in [0.717, 1.165) is 0 Å². The Kier molecular flexibility index (Phi) is 3.95. The van der Waals surface area contributed by atoms with Crippen molar-refractivity contribution in [1.29, 1.82) is 0 Å². The van der Waals surface area contributed by atoms with Gasteiger partial charge in [-0.2, -0.15) is 13.2 Å². The summed E-state index contributed by atoms with van der Waals surface area (Å²) in [5, 5.41) is -0.466. The molecular weight excluding hydrogens is 364 g/mol. The minimum atomic E-state index is -4.52. The lowest BCUT2D eigenvalue weighted by Crippen LogP contribution is -2.08. The van der Waals surface area contributed by atoms with Gasteiger partial charge in [-0.3, -0.25) is 0 Å². The predicted octanol–water partition coefficient (Wildman–Crippen LogP) is 4.89. The van der Waals surface area contributed by atoms with Crippen molar-refractivity contribution in [3.8, 4) is 5.75 Å². The molecule has 0 heterocycles. The van der Waals surface area contributed by atoms with Crippen molar-refractivity contribution in [2.75, 3.05) is 7.11 Å². The second-order valence-corrected chi connectivity index (χ2v) is 4.65. The van der Waals surface area contributed by atoms with Crippen molar-refractivity contribution < 1.29 is 17.9 Å².